The second kappa shape index (κ2) is 9.47. The highest BCUT2D eigenvalue weighted by atomic mass is 16.5. The van der Waals surface area contributed by atoms with Gasteiger partial charge in [-0.05, 0) is 75.4 Å². The largest absolute Gasteiger partial charge is 0.487 e. The van der Waals surface area contributed by atoms with Crippen LogP contribution in [0.3, 0.4) is 0 Å². The lowest BCUT2D eigenvalue weighted by Gasteiger charge is -2.35. The Bertz CT molecular complexity index is 1090. The third-order valence-electron chi connectivity index (χ3n) is 5.94. The van der Waals surface area contributed by atoms with Crippen molar-refractivity contribution < 1.29 is 19.1 Å². The molecule has 1 aliphatic heterocycles. The van der Waals surface area contributed by atoms with Gasteiger partial charge >= 0.3 is 12.0 Å². The van der Waals surface area contributed by atoms with E-state index in [-0.39, 0.29) is 19.2 Å². The maximum absolute atomic E-state index is 13.1. The molecule has 0 saturated heterocycles. The Morgan fingerprint density at radius 2 is 1.72 bits per heavy atom. The van der Waals surface area contributed by atoms with Crippen LogP contribution in [-0.2, 0) is 9.53 Å². The number of esters is 1. The summed E-state index contributed by atoms with van der Waals surface area (Å²) in [6.45, 7) is 12.1. The number of aryl methyl sites for hydroxylation is 4. The molecule has 2 aromatic carbocycles. The number of carbonyl (C=O) groups is 2. The number of benzene rings is 2. The van der Waals surface area contributed by atoms with Crippen LogP contribution in [0.5, 0.6) is 5.75 Å². The molecule has 0 aliphatic carbocycles. The fourth-order valence-corrected chi connectivity index (χ4v) is 4.06. The Balaban J connectivity index is 2.10. The number of rotatable bonds is 6. The first-order chi connectivity index (χ1) is 15.1. The number of likely N-dealkylation sites (N-methyl/N-ethyl adjacent to an activating group) is 1. The van der Waals surface area contributed by atoms with E-state index in [1.165, 1.54) is 4.90 Å². The molecule has 6 nitrogen and oxygen atoms in total. The molecule has 1 heterocycles. The molecule has 1 atom stereocenters. The number of hydrogen-bond acceptors (Lipinski definition) is 4. The molecule has 2 amide bonds. The molecule has 6 heteroatoms. The fraction of sp³-hybridized carbons (Fsp3) is 0.385. The summed E-state index contributed by atoms with van der Waals surface area (Å²) in [6, 6.07) is 9.13. The van der Waals surface area contributed by atoms with Gasteiger partial charge in [0, 0.05) is 7.05 Å². The van der Waals surface area contributed by atoms with Crippen molar-refractivity contribution in [2.75, 3.05) is 20.3 Å². The number of nitrogens with one attached hydrogen (secondary N) is 1. The molecular formula is C26H32N2O4. The third-order valence-corrected chi connectivity index (χ3v) is 5.94. The monoisotopic (exact) mass is 436 g/mol. The van der Waals surface area contributed by atoms with Gasteiger partial charge in [-0.15, -0.1) is 0 Å². The normalized spacial score (nSPS) is 16.2. The van der Waals surface area contributed by atoms with Gasteiger partial charge in [0.2, 0.25) is 0 Å². The third kappa shape index (κ3) is 4.64. The standard InChI is InChI=1S/C26H32N2O4/c1-8-31-25(29)23-21(14-32-22-13-16(3)12-17(4)19(22)6)28(7)26(30)27-24(23)20-10-9-15(2)11-18(20)5/h9-13,24H,8,14H2,1-7H3,(H,27,30). The average molecular weight is 437 g/mol. The maximum Gasteiger partial charge on any atom is 0.338 e. The lowest BCUT2D eigenvalue weighted by Crippen LogP contribution is -2.48. The van der Waals surface area contributed by atoms with Gasteiger partial charge in [-0.2, -0.15) is 0 Å². The zero-order valence-electron chi connectivity index (χ0n) is 20.0. The summed E-state index contributed by atoms with van der Waals surface area (Å²) in [5.41, 5.74) is 7.10. The molecule has 0 radical (unpaired) electrons. The van der Waals surface area contributed by atoms with Crippen LogP contribution in [0.4, 0.5) is 4.79 Å². The number of urea groups is 1. The van der Waals surface area contributed by atoms with E-state index in [1.54, 1.807) is 14.0 Å². The molecule has 32 heavy (non-hydrogen) atoms. The van der Waals surface area contributed by atoms with Gasteiger partial charge in [0.05, 0.1) is 23.9 Å². The van der Waals surface area contributed by atoms with Crippen molar-refractivity contribution in [2.24, 2.45) is 0 Å². The lowest BCUT2D eigenvalue weighted by molar-refractivity contribution is -0.139. The second-order valence-corrected chi connectivity index (χ2v) is 8.38. The quantitative estimate of drug-likeness (QED) is 0.659. The smallest absolute Gasteiger partial charge is 0.338 e. The van der Waals surface area contributed by atoms with Gasteiger partial charge in [-0.3, -0.25) is 4.90 Å². The zero-order chi connectivity index (χ0) is 23.6. The van der Waals surface area contributed by atoms with Crippen LogP contribution in [0.15, 0.2) is 41.6 Å². The van der Waals surface area contributed by atoms with E-state index in [9.17, 15) is 9.59 Å². The number of hydrogen-bond donors (Lipinski definition) is 1. The molecule has 0 aromatic heterocycles. The van der Waals surface area contributed by atoms with Gasteiger partial charge in [-0.1, -0.05) is 29.8 Å². The van der Waals surface area contributed by atoms with Crippen LogP contribution in [-0.4, -0.2) is 37.2 Å². The molecule has 3 rings (SSSR count). The highest BCUT2D eigenvalue weighted by Gasteiger charge is 2.37. The number of ether oxygens (including phenoxy) is 2. The van der Waals surface area contributed by atoms with Gasteiger partial charge in [0.1, 0.15) is 12.4 Å². The average Bonchev–Trinajstić information content (AvgIpc) is 2.72. The fourth-order valence-electron chi connectivity index (χ4n) is 4.06. The van der Waals surface area contributed by atoms with Crippen molar-refractivity contribution in [1.29, 1.82) is 0 Å². The Labute approximate surface area is 190 Å². The molecule has 0 bridgehead atoms. The molecule has 2 aromatic rings. The highest BCUT2D eigenvalue weighted by Crippen LogP contribution is 2.34. The van der Waals surface area contributed by atoms with Crippen molar-refractivity contribution in [2.45, 2.75) is 47.6 Å². The first kappa shape index (κ1) is 23.4. The van der Waals surface area contributed by atoms with Crippen LogP contribution < -0.4 is 10.1 Å². The van der Waals surface area contributed by atoms with Crippen molar-refractivity contribution >= 4 is 12.0 Å². The summed E-state index contributed by atoms with van der Waals surface area (Å²) in [6.07, 6.45) is 0. The lowest BCUT2D eigenvalue weighted by atomic mass is 9.91. The number of carbonyl (C=O) groups excluding carboxylic acids is 2. The van der Waals surface area contributed by atoms with E-state index in [0.29, 0.717) is 11.3 Å². The molecule has 1 unspecified atom stereocenters. The topological polar surface area (TPSA) is 67.9 Å². The van der Waals surface area contributed by atoms with Gasteiger partial charge in [0.25, 0.3) is 0 Å². The Hall–Kier alpha value is -3.28. The predicted octanol–water partition coefficient (Wildman–Crippen LogP) is 4.82. The minimum atomic E-state index is -0.614. The first-order valence-corrected chi connectivity index (χ1v) is 10.9. The minimum absolute atomic E-state index is 0.0726. The molecule has 0 spiro atoms. The van der Waals surface area contributed by atoms with Gasteiger partial charge in [-0.25, -0.2) is 9.59 Å². The second-order valence-electron chi connectivity index (χ2n) is 8.38. The van der Waals surface area contributed by atoms with Crippen molar-refractivity contribution in [3.8, 4) is 5.75 Å². The van der Waals surface area contributed by atoms with E-state index in [2.05, 4.69) is 11.4 Å². The van der Waals surface area contributed by atoms with E-state index in [4.69, 9.17) is 9.47 Å². The first-order valence-electron chi connectivity index (χ1n) is 10.9. The summed E-state index contributed by atoms with van der Waals surface area (Å²) < 4.78 is 11.6. The van der Waals surface area contributed by atoms with Crippen molar-refractivity contribution in [3.05, 3.63) is 75.0 Å². The SMILES string of the molecule is CCOC(=O)C1=C(COc2cc(C)cc(C)c2C)N(C)C(=O)NC1c1ccc(C)cc1C. The van der Waals surface area contributed by atoms with Crippen molar-refractivity contribution in [3.63, 3.8) is 0 Å². The molecule has 1 aliphatic rings. The Morgan fingerprint density at radius 1 is 1.03 bits per heavy atom. The predicted molar refractivity (Wildman–Crippen MR) is 125 cm³/mol. The van der Waals surface area contributed by atoms with E-state index in [1.807, 2.05) is 58.9 Å². The number of nitrogens with zero attached hydrogens (tertiary/aromatic N) is 1. The van der Waals surface area contributed by atoms with Crippen LogP contribution >= 0.6 is 0 Å². The van der Waals surface area contributed by atoms with Gasteiger partial charge < -0.3 is 14.8 Å². The zero-order valence-corrected chi connectivity index (χ0v) is 20.0. The summed E-state index contributed by atoms with van der Waals surface area (Å²) in [5, 5.41) is 2.96. The molecule has 0 fully saturated rings. The van der Waals surface area contributed by atoms with E-state index in [0.717, 1.165) is 39.1 Å². The van der Waals surface area contributed by atoms with Crippen LogP contribution in [0, 0.1) is 34.6 Å². The molecule has 1 N–H and O–H groups in total. The van der Waals surface area contributed by atoms with Crippen LogP contribution in [0.1, 0.15) is 46.3 Å². The highest BCUT2D eigenvalue weighted by molar-refractivity contribution is 5.95. The van der Waals surface area contributed by atoms with Crippen molar-refractivity contribution in [1.82, 2.24) is 10.2 Å². The molecular weight excluding hydrogens is 404 g/mol. The molecule has 170 valence electrons. The minimum Gasteiger partial charge on any atom is -0.487 e. The summed E-state index contributed by atoms with van der Waals surface area (Å²) >= 11 is 0. The van der Waals surface area contributed by atoms with Gasteiger partial charge in [0.15, 0.2) is 0 Å². The van der Waals surface area contributed by atoms with Crippen LogP contribution in [0.2, 0.25) is 0 Å². The van der Waals surface area contributed by atoms with E-state index >= 15 is 0 Å². The number of amides is 2. The molecule has 0 saturated carbocycles. The summed E-state index contributed by atoms with van der Waals surface area (Å²) in [5.74, 6) is 0.278. The Kier molecular flexibility index (Phi) is 6.92. The summed E-state index contributed by atoms with van der Waals surface area (Å²) in [4.78, 5) is 27.4. The maximum atomic E-state index is 13.1. The van der Waals surface area contributed by atoms with E-state index < -0.39 is 12.0 Å². The summed E-state index contributed by atoms with van der Waals surface area (Å²) in [7, 11) is 1.64. The Morgan fingerprint density at radius 3 is 2.38 bits per heavy atom. The van der Waals surface area contributed by atoms with Crippen LogP contribution in [0.25, 0.3) is 0 Å².